The van der Waals surface area contributed by atoms with E-state index in [9.17, 15) is 0 Å². The number of rotatable bonds is 6. The summed E-state index contributed by atoms with van der Waals surface area (Å²) in [5.41, 5.74) is 1.14. The third kappa shape index (κ3) is 3.46. The first kappa shape index (κ1) is 14.1. The fraction of sp³-hybridized carbons (Fsp3) is 0.200. The number of fused-ring (bicyclic) bond motifs is 1. The molecule has 1 fully saturated rings. The summed E-state index contributed by atoms with van der Waals surface area (Å²) in [6.07, 6.45) is 0.225. The number of hydrogen-bond acceptors (Lipinski definition) is 3. The fourth-order valence-electron chi connectivity index (χ4n) is 2.51. The van der Waals surface area contributed by atoms with Crippen molar-refractivity contribution in [2.24, 2.45) is 0 Å². The van der Waals surface area contributed by atoms with Gasteiger partial charge in [0.1, 0.15) is 19.3 Å². The van der Waals surface area contributed by atoms with Crippen molar-refractivity contribution < 1.29 is 14.2 Å². The Balaban J connectivity index is 1.60. The van der Waals surface area contributed by atoms with Crippen LogP contribution in [-0.2, 0) is 11.3 Å². The second-order valence-corrected chi connectivity index (χ2v) is 5.69. The van der Waals surface area contributed by atoms with Crippen LogP contribution < -0.4 is 9.47 Å². The van der Waals surface area contributed by atoms with Crippen molar-refractivity contribution in [3.8, 4) is 11.5 Å². The minimum atomic E-state index is 0.225. The third-order valence-corrected chi connectivity index (χ3v) is 3.88. The van der Waals surface area contributed by atoms with Crippen LogP contribution in [0.1, 0.15) is 5.56 Å². The van der Waals surface area contributed by atoms with Crippen LogP contribution in [0.4, 0.5) is 0 Å². The van der Waals surface area contributed by atoms with E-state index >= 15 is 0 Å². The van der Waals surface area contributed by atoms with Gasteiger partial charge in [-0.05, 0) is 28.5 Å². The van der Waals surface area contributed by atoms with Crippen LogP contribution in [0.2, 0.25) is 0 Å². The molecule has 0 amide bonds. The second kappa shape index (κ2) is 6.31. The molecule has 1 heterocycles. The van der Waals surface area contributed by atoms with Gasteiger partial charge in [-0.25, -0.2) is 0 Å². The Bertz CT molecular complexity index is 794. The number of hydrogen-bond donors (Lipinski definition) is 0. The van der Waals surface area contributed by atoms with Crippen LogP contribution in [0.3, 0.4) is 0 Å². The minimum absolute atomic E-state index is 0.225. The lowest BCUT2D eigenvalue weighted by atomic mass is 10.1. The third-order valence-electron chi connectivity index (χ3n) is 3.88. The van der Waals surface area contributed by atoms with Crippen LogP contribution in [0.25, 0.3) is 10.8 Å². The molecular formula is C20H18O3. The highest BCUT2D eigenvalue weighted by Crippen LogP contribution is 2.33. The lowest BCUT2D eigenvalue weighted by molar-refractivity contribution is 0.238. The van der Waals surface area contributed by atoms with Gasteiger partial charge in [-0.15, -0.1) is 0 Å². The van der Waals surface area contributed by atoms with E-state index in [-0.39, 0.29) is 6.10 Å². The summed E-state index contributed by atoms with van der Waals surface area (Å²) in [5, 5.41) is 2.29. The quantitative estimate of drug-likeness (QED) is 0.640. The molecular weight excluding hydrogens is 288 g/mol. The zero-order valence-corrected chi connectivity index (χ0v) is 12.8. The highest BCUT2D eigenvalue weighted by atomic mass is 16.6. The van der Waals surface area contributed by atoms with Gasteiger partial charge in [0.25, 0.3) is 0 Å². The molecule has 3 nitrogen and oxygen atoms in total. The summed E-state index contributed by atoms with van der Waals surface area (Å²) >= 11 is 0. The van der Waals surface area contributed by atoms with Crippen molar-refractivity contribution >= 4 is 10.8 Å². The second-order valence-electron chi connectivity index (χ2n) is 5.69. The Hall–Kier alpha value is -2.52. The predicted octanol–water partition coefficient (Wildman–Crippen LogP) is 4.20. The lowest BCUT2D eigenvalue weighted by Crippen LogP contribution is -2.06. The van der Waals surface area contributed by atoms with E-state index in [1.165, 1.54) is 0 Å². The van der Waals surface area contributed by atoms with Gasteiger partial charge >= 0.3 is 0 Å². The molecule has 23 heavy (non-hydrogen) atoms. The monoisotopic (exact) mass is 306 g/mol. The Kier molecular flexibility index (Phi) is 3.86. The topological polar surface area (TPSA) is 31.0 Å². The first-order valence-corrected chi connectivity index (χ1v) is 7.82. The van der Waals surface area contributed by atoms with Crippen molar-refractivity contribution in [3.05, 3.63) is 72.3 Å². The van der Waals surface area contributed by atoms with Crippen molar-refractivity contribution in [1.82, 2.24) is 0 Å². The summed E-state index contributed by atoms with van der Waals surface area (Å²) < 4.78 is 17.1. The molecule has 1 atom stereocenters. The fourth-order valence-corrected chi connectivity index (χ4v) is 2.51. The van der Waals surface area contributed by atoms with Gasteiger partial charge in [-0.1, -0.05) is 54.6 Å². The van der Waals surface area contributed by atoms with Crippen molar-refractivity contribution in [2.75, 3.05) is 13.2 Å². The molecule has 116 valence electrons. The van der Waals surface area contributed by atoms with Gasteiger partial charge in [0.2, 0.25) is 0 Å². The van der Waals surface area contributed by atoms with E-state index in [1.807, 2.05) is 42.5 Å². The summed E-state index contributed by atoms with van der Waals surface area (Å²) in [7, 11) is 0. The van der Waals surface area contributed by atoms with Crippen LogP contribution in [0, 0.1) is 0 Å². The Morgan fingerprint density at radius 2 is 1.43 bits per heavy atom. The zero-order valence-electron chi connectivity index (χ0n) is 12.8. The number of ether oxygens (including phenoxy) is 3. The van der Waals surface area contributed by atoms with E-state index in [1.54, 1.807) is 0 Å². The molecule has 0 spiro atoms. The van der Waals surface area contributed by atoms with E-state index in [0.717, 1.165) is 34.4 Å². The molecule has 0 N–H and O–H groups in total. The maximum atomic E-state index is 6.02. The average Bonchev–Trinajstić information content (AvgIpc) is 3.43. The van der Waals surface area contributed by atoms with Gasteiger partial charge in [-0.2, -0.15) is 0 Å². The smallest absolute Gasteiger partial charge is 0.162 e. The maximum Gasteiger partial charge on any atom is 0.162 e. The van der Waals surface area contributed by atoms with Gasteiger partial charge in [0.15, 0.2) is 11.5 Å². The molecule has 1 aliphatic heterocycles. The molecule has 0 saturated carbocycles. The minimum Gasteiger partial charge on any atom is -0.487 e. The van der Waals surface area contributed by atoms with Gasteiger partial charge in [0, 0.05) is 0 Å². The lowest BCUT2D eigenvalue weighted by Gasteiger charge is -2.14. The largest absolute Gasteiger partial charge is 0.487 e. The first-order valence-electron chi connectivity index (χ1n) is 7.82. The maximum absolute atomic E-state index is 6.02. The normalized spacial score (nSPS) is 16.3. The Morgan fingerprint density at radius 1 is 0.826 bits per heavy atom. The standard InChI is InChI=1S/C20H18O3/c1-2-6-15(7-3-1)12-22-19-10-16-8-4-5-9-17(16)11-20(19)23-14-18-13-21-18/h1-11,18H,12-14H2. The Morgan fingerprint density at radius 3 is 2.09 bits per heavy atom. The molecule has 3 heteroatoms. The van der Waals surface area contributed by atoms with Gasteiger partial charge in [-0.3, -0.25) is 0 Å². The molecule has 1 saturated heterocycles. The van der Waals surface area contributed by atoms with Crippen LogP contribution in [0.5, 0.6) is 11.5 Å². The molecule has 4 rings (SSSR count). The van der Waals surface area contributed by atoms with Crippen molar-refractivity contribution in [3.63, 3.8) is 0 Å². The zero-order chi connectivity index (χ0) is 15.5. The number of benzene rings is 3. The first-order chi connectivity index (χ1) is 11.4. The summed E-state index contributed by atoms with van der Waals surface area (Å²) in [4.78, 5) is 0. The highest BCUT2D eigenvalue weighted by Gasteiger charge is 2.23. The van der Waals surface area contributed by atoms with Crippen molar-refractivity contribution in [2.45, 2.75) is 12.7 Å². The molecule has 1 unspecified atom stereocenters. The van der Waals surface area contributed by atoms with Crippen molar-refractivity contribution in [1.29, 1.82) is 0 Å². The Labute approximate surface area is 135 Å². The van der Waals surface area contributed by atoms with E-state index in [4.69, 9.17) is 14.2 Å². The highest BCUT2D eigenvalue weighted by molar-refractivity contribution is 5.86. The van der Waals surface area contributed by atoms with Crippen LogP contribution in [-0.4, -0.2) is 19.3 Å². The van der Waals surface area contributed by atoms with Gasteiger partial charge in [0.05, 0.1) is 6.61 Å². The summed E-state index contributed by atoms with van der Waals surface area (Å²) in [6.45, 7) is 1.88. The van der Waals surface area contributed by atoms with Crippen LogP contribution >= 0.6 is 0 Å². The SMILES string of the molecule is c1ccc(COc2cc3ccccc3cc2OCC2CO2)cc1. The van der Waals surface area contributed by atoms with E-state index in [0.29, 0.717) is 13.2 Å². The molecule has 3 aromatic carbocycles. The molecule has 1 aliphatic rings. The summed E-state index contributed by atoms with van der Waals surface area (Å²) in [5.74, 6) is 1.54. The molecule has 3 aromatic rings. The van der Waals surface area contributed by atoms with Gasteiger partial charge < -0.3 is 14.2 Å². The number of epoxide rings is 1. The molecule has 0 aliphatic carbocycles. The molecule has 0 bridgehead atoms. The predicted molar refractivity (Wildman–Crippen MR) is 90.0 cm³/mol. The molecule has 0 radical (unpaired) electrons. The van der Waals surface area contributed by atoms with E-state index < -0.39 is 0 Å². The van der Waals surface area contributed by atoms with Crippen LogP contribution in [0.15, 0.2) is 66.7 Å². The average molecular weight is 306 g/mol. The van der Waals surface area contributed by atoms with E-state index in [2.05, 4.69) is 24.3 Å². The molecule has 0 aromatic heterocycles. The summed E-state index contributed by atoms with van der Waals surface area (Å²) in [6, 6.07) is 22.4.